The predicted octanol–water partition coefficient (Wildman–Crippen LogP) is 2.31. The second kappa shape index (κ2) is 9.38. The van der Waals surface area contributed by atoms with Crippen molar-refractivity contribution in [1.29, 1.82) is 0 Å². The van der Waals surface area contributed by atoms with E-state index < -0.39 is 12.4 Å². The lowest BCUT2D eigenvalue weighted by atomic mass is 10.0. The molecule has 0 bridgehead atoms. The van der Waals surface area contributed by atoms with Crippen molar-refractivity contribution >= 4 is 17.5 Å². The highest BCUT2D eigenvalue weighted by molar-refractivity contribution is 5.90. The zero-order valence-corrected chi connectivity index (χ0v) is 19.2. The number of rotatable bonds is 6. The molecule has 12 nitrogen and oxygen atoms in total. The van der Waals surface area contributed by atoms with Crippen molar-refractivity contribution in [2.24, 2.45) is 10.3 Å². The number of anilines is 2. The minimum absolute atomic E-state index is 0.183. The van der Waals surface area contributed by atoms with Crippen LogP contribution >= 0.6 is 0 Å². The van der Waals surface area contributed by atoms with Crippen LogP contribution in [0.4, 0.5) is 20.6 Å². The van der Waals surface area contributed by atoms with Crippen LogP contribution in [-0.4, -0.2) is 84.7 Å². The van der Waals surface area contributed by atoms with E-state index in [-0.39, 0.29) is 18.0 Å². The van der Waals surface area contributed by atoms with Crippen LogP contribution in [0, 0.1) is 5.82 Å². The van der Waals surface area contributed by atoms with Gasteiger partial charge in [-0.2, -0.15) is 5.11 Å². The molecule has 35 heavy (non-hydrogen) atoms. The van der Waals surface area contributed by atoms with E-state index in [1.807, 2.05) is 15.8 Å². The van der Waals surface area contributed by atoms with Gasteiger partial charge in [0.05, 0.1) is 63.0 Å². The Labute approximate surface area is 201 Å². The topological polar surface area (TPSA) is 110 Å². The van der Waals surface area contributed by atoms with Gasteiger partial charge in [0.1, 0.15) is 17.6 Å². The maximum atomic E-state index is 15.1. The number of aromatic nitrogens is 3. The fourth-order valence-corrected chi connectivity index (χ4v) is 4.93. The molecule has 186 valence electrons. The van der Waals surface area contributed by atoms with E-state index in [4.69, 9.17) is 14.2 Å². The van der Waals surface area contributed by atoms with Crippen molar-refractivity contribution in [2.75, 3.05) is 62.3 Å². The van der Waals surface area contributed by atoms with Gasteiger partial charge in [-0.05, 0) is 31.0 Å². The summed E-state index contributed by atoms with van der Waals surface area (Å²) in [6.45, 7) is 4.70. The molecule has 1 aromatic heterocycles. The number of carbonyl (C=O) groups excluding carboxylic acids is 1. The number of cyclic esters (lactones) is 1. The first kappa shape index (κ1) is 22.2. The molecule has 0 spiro atoms. The molecule has 0 aliphatic carbocycles. The standard InChI is InChI=1S/C22H27FN8O4/c23-18-11-16(30-13-17(35-22(30)32)12-29-8-5-24-26-29)1-2-20(18)28-6-3-15(4-7-28)31-14-19(25-27-31)21-33-9-10-34-21/h1-2,11,14-15,17,21H,3-10,12-13H2/t17-/m0/s1. The molecule has 1 atom stereocenters. The van der Waals surface area contributed by atoms with Crippen molar-refractivity contribution in [2.45, 2.75) is 31.3 Å². The Morgan fingerprint density at radius 2 is 1.94 bits per heavy atom. The molecule has 0 saturated carbocycles. The Kier molecular flexibility index (Phi) is 5.94. The SMILES string of the molecule is O=C1O[C@@H](CN2CCN=N2)CN1c1ccc(N2CCC(n3cc(C4OCCO4)nn3)CC2)c(F)c1. The lowest BCUT2D eigenvalue weighted by Crippen LogP contribution is -2.35. The minimum atomic E-state index is -0.472. The van der Waals surface area contributed by atoms with Gasteiger partial charge in [-0.1, -0.05) is 10.4 Å². The second-order valence-electron chi connectivity index (χ2n) is 9.03. The highest BCUT2D eigenvalue weighted by Crippen LogP contribution is 2.32. The fourth-order valence-electron chi connectivity index (χ4n) is 4.93. The molecule has 0 radical (unpaired) electrons. The van der Waals surface area contributed by atoms with Crippen LogP contribution < -0.4 is 9.80 Å². The average molecular weight is 487 g/mol. The summed E-state index contributed by atoms with van der Waals surface area (Å²) in [6, 6.07) is 5.10. The summed E-state index contributed by atoms with van der Waals surface area (Å²) >= 11 is 0. The monoisotopic (exact) mass is 486 g/mol. The zero-order valence-electron chi connectivity index (χ0n) is 19.2. The number of benzene rings is 1. The molecule has 4 aliphatic heterocycles. The Morgan fingerprint density at radius 3 is 2.69 bits per heavy atom. The molecule has 3 fully saturated rings. The number of ether oxygens (including phenoxy) is 3. The van der Waals surface area contributed by atoms with Crippen molar-refractivity contribution < 1.29 is 23.4 Å². The Hall–Kier alpha value is -3.32. The lowest BCUT2D eigenvalue weighted by molar-refractivity contribution is -0.0473. The Balaban J connectivity index is 1.06. The van der Waals surface area contributed by atoms with E-state index in [0.717, 1.165) is 19.4 Å². The number of hydrogen-bond donors (Lipinski definition) is 0. The summed E-state index contributed by atoms with van der Waals surface area (Å²) in [5, 5.41) is 18.2. The Bertz CT molecular complexity index is 1100. The van der Waals surface area contributed by atoms with E-state index in [9.17, 15) is 4.79 Å². The van der Waals surface area contributed by atoms with E-state index in [2.05, 4.69) is 20.6 Å². The largest absolute Gasteiger partial charge is 0.442 e. The minimum Gasteiger partial charge on any atom is -0.442 e. The molecule has 5 heterocycles. The maximum Gasteiger partial charge on any atom is 0.414 e. The van der Waals surface area contributed by atoms with Gasteiger partial charge in [0.15, 0.2) is 0 Å². The molecule has 1 aromatic carbocycles. The molecular weight excluding hydrogens is 459 g/mol. The third-order valence-electron chi connectivity index (χ3n) is 6.75. The molecule has 3 saturated heterocycles. The molecule has 13 heteroatoms. The average Bonchev–Trinajstić information content (AvgIpc) is 3.67. The van der Waals surface area contributed by atoms with Gasteiger partial charge in [-0.3, -0.25) is 9.91 Å². The van der Waals surface area contributed by atoms with Crippen LogP contribution in [0.5, 0.6) is 0 Å². The third-order valence-corrected chi connectivity index (χ3v) is 6.75. The van der Waals surface area contributed by atoms with Gasteiger partial charge in [0.2, 0.25) is 6.29 Å². The first-order valence-electron chi connectivity index (χ1n) is 11.9. The summed E-state index contributed by atoms with van der Waals surface area (Å²) in [7, 11) is 0. The smallest absolute Gasteiger partial charge is 0.414 e. The normalized spacial score (nSPS) is 23.6. The van der Waals surface area contributed by atoms with Crippen LogP contribution in [0.15, 0.2) is 34.7 Å². The van der Waals surface area contributed by atoms with Crippen LogP contribution in [0.1, 0.15) is 30.9 Å². The van der Waals surface area contributed by atoms with Gasteiger partial charge in [-0.25, -0.2) is 13.9 Å². The van der Waals surface area contributed by atoms with E-state index in [1.54, 1.807) is 17.1 Å². The van der Waals surface area contributed by atoms with Crippen LogP contribution in [0.25, 0.3) is 0 Å². The first-order chi connectivity index (χ1) is 17.1. The van der Waals surface area contributed by atoms with Gasteiger partial charge in [0, 0.05) is 13.1 Å². The molecule has 0 unspecified atom stereocenters. The van der Waals surface area contributed by atoms with Gasteiger partial charge in [0.25, 0.3) is 0 Å². The number of amides is 1. The molecule has 0 N–H and O–H groups in total. The molecule has 1 amide bonds. The number of halogens is 1. The number of carbonyl (C=O) groups is 1. The molecular formula is C22H27FN8O4. The van der Waals surface area contributed by atoms with Gasteiger partial charge < -0.3 is 19.1 Å². The highest BCUT2D eigenvalue weighted by Gasteiger charge is 2.34. The van der Waals surface area contributed by atoms with Crippen molar-refractivity contribution in [3.05, 3.63) is 35.9 Å². The van der Waals surface area contributed by atoms with Crippen LogP contribution in [0.2, 0.25) is 0 Å². The second-order valence-corrected chi connectivity index (χ2v) is 9.03. The Morgan fingerprint density at radius 1 is 1.11 bits per heavy atom. The first-order valence-corrected chi connectivity index (χ1v) is 11.9. The number of hydrogen-bond acceptors (Lipinski definition) is 10. The third kappa shape index (κ3) is 4.52. The van der Waals surface area contributed by atoms with E-state index >= 15 is 4.39 Å². The molecule has 6 rings (SSSR count). The zero-order chi connectivity index (χ0) is 23.8. The number of piperidine rings is 1. The summed E-state index contributed by atoms with van der Waals surface area (Å²) in [5.74, 6) is -0.357. The summed E-state index contributed by atoms with van der Waals surface area (Å²) in [4.78, 5) is 15.9. The quantitative estimate of drug-likeness (QED) is 0.612. The van der Waals surface area contributed by atoms with Gasteiger partial charge >= 0.3 is 6.09 Å². The predicted molar refractivity (Wildman–Crippen MR) is 120 cm³/mol. The van der Waals surface area contributed by atoms with Crippen molar-refractivity contribution in [3.8, 4) is 0 Å². The van der Waals surface area contributed by atoms with Crippen LogP contribution in [0.3, 0.4) is 0 Å². The summed E-state index contributed by atoms with van der Waals surface area (Å²) in [5.41, 5.74) is 1.70. The maximum absolute atomic E-state index is 15.1. The van der Waals surface area contributed by atoms with Crippen molar-refractivity contribution in [3.63, 3.8) is 0 Å². The fraction of sp³-hybridized carbons (Fsp3) is 0.591. The summed E-state index contributed by atoms with van der Waals surface area (Å²) in [6.07, 6.45) is 2.26. The molecule has 4 aliphatic rings. The van der Waals surface area contributed by atoms with Gasteiger partial charge in [-0.15, -0.1) is 5.10 Å². The highest BCUT2D eigenvalue weighted by atomic mass is 19.1. The number of nitrogens with zero attached hydrogens (tertiary/aromatic N) is 8. The van der Waals surface area contributed by atoms with E-state index in [0.29, 0.717) is 63.0 Å². The van der Waals surface area contributed by atoms with Crippen molar-refractivity contribution in [1.82, 2.24) is 20.0 Å². The molecule has 2 aromatic rings. The lowest BCUT2D eigenvalue weighted by Gasteiger charge is -2.33. The summed E-state index contributed by atoms with van der Waals surface area (Å²) < 4.78 is 33.4. The van der Waals surface area contributed by atoms with E-state index in [1.165, 1.54) is 11.0 Å². The van der Waals surface area contributed by atoms with Crippen LogP contribution in [-0.2, 0) is 14.2 Å².